The first-order valence-electron chi connectivity index (χ1n) is 6.02. The van der Waals surface area contributed by atoms with Gasteiger partial charge in [0.05, 0.1) is 29.8 Å². The molecule has 100 valence electrons. The van der Waals surface area contributed by atoms with E-state index in [1.54, 1.807) is 24.1 Å². The van der Waals surface area contributed by atoms with Crippen molar-refractivity contribution in [2.45, 2.75) is 19.3 Å². The number of hydrogen-bond donors (Lipinski definition) is 0. The molecular weight excluding hydrogens is 260 g/mol. The van der Waals surface area contributed by atoms with Gasteiger partial charge in [0, 0.05) is 16.1 Å². The highest BCUT2D eigenvalue weighted by molar-refractivity contribution is 6.33. The molecule has 0 amide bonds. The third kappa shape index (κ3) is 2.85. The van der Waals surface area contributed by atoms with Crippen LogP contribution in [0.1, 0.15) is 10.4 Å². The third-order valence-corrected chi connectivity index (χ3v) is 3.55. The Morgan fingerprint density at radius 3 is 3.00 bits per heavy atom. The van der Waals surface area contributed by atoms with E-state index in [0.29, 0.717) is 18.0 Å². The Kier molecular flexibility index (Phi) is 4.70. The molecule has 0 N–H and O–H groups in total. The number of hydrogen-bond acceptors (Lipinski definition) is 4. The molecule has 0 fully saturated rings. The van der Waals surface area contributed by atoms with Crippen molar-refractivity contribution in [1.29, 1.82) is 0 Å². The van der Waals surface area contributed by atoms with Crippen molar-refractivity contribution < 1.29 is 14.3 Å². The van der Waals surface area contributed by atoms with E-state index in [-0.39, 0.29) is 0 Å². The van der Waals surface area contributed by atoms with Crippen molar-refractivity contribution in [2.24, 2.45) is 0 Å². The number of rotatable bonds is 7. The van der Waals surface area contributed by atoms with Gasteiger partial charge in [-0.15, -0.1) is 0 Å². The molecular formula is C13H16N2O3Si. The van der Waals surface area contributed by atoms with Crippen molar-refractivity contribution in [3.63, 3.8) is 0 Å². The number of ether oxygens (including phenoxy) is 2. The predicted octanol–water partition coefficient (Wildman–Crippen LogP) is 2.00. The third-order valence-electron chi connectivity index (χ3n) is 2.85. The molecule has 0 spiro atoms. The molecule has 0 aliphatic heterocycles. The molecule has 0 unspecified atom stereocenters. The van der Waals surface area contributed by atoms with E-state index < -0.39 is 0 Å². The van der Waals surface area contributed by atoms with Crippen LogP contribution in [0.4, 0.5) is 0 Å². The lowest BCUT2D eigenvalue weighted by atomic mass is 10.1. The average molecular weight is 276 g/mol. The Bertz CT molecular complexity index is 568. The van der Waals surface area contributed by atoms with Gasteiger partial charge in [-0.2, -0.15) is 5.10 Å². The Labute approximate surface area is 114 Å². The van der Waals surface area contributed by atoms with E-state index in [9.17, 15) is 4.79 Å². The van der Waals surface area contributed by atoms with Gasteiger partial charge in [-0.25, -0.2) is 4.68 Å². The Morgan fingerprint density at radius 2 is 2.32 bits per heavy atom. The maximum absolute atomic E-state index is 10.9. The van der Waals surface area contributed by atoms with E-state index in [2.05, 4.69) is 11.6 Å². The number of methoxy groups -OCH3 is 1. The predicted molar refractivity (Wildman–Crippen MR) is 74.0 cm³/mol. The van der Waals surface area contributed by atoms with E-state index in [4.69, 9.17) is 9.47 Å². The smallest absolute Gasteiger partial charge is 0.153 e. The first kappa shape index (κ1) is 13.8. The normalized spacial score (nSPS) is 10.8. The summed E-state index contributed by atoms with van der Waals surface area (Å²) in [7, 11) is 2.45. The van der Waals surface area contributed by atoms with Crippen LogP contribution in [0.25, 0.3) is 10.9 Å². The van der Waals surface area contributed by atoms with Crippen molar-refractivity contribution in [3.05, 3.63) is 23.9 Å². The standard InChI is InChI=1S/C13H16N2O3Si/c1-17-13-10(8-16)3-4-12-11(13)7-14-15(12)9-18-5-6-19-2/h3-4,7-8H,5-6,9H2,1-2H3. The Hall–Kier alpha value is -1.66. The second-order valence-corrected chi connectivity index (χ2v) is 5.23. The SMILES string of the molecule is COc1c(C=O)ccc2c1cnn2COCC[Si]C. The number of aromatic nitrogens is 2. The highest BCUT2D eigenvalue weighted by Crippen LogP contribution is 2.28. The quantitative estimate of drug-likeness (QED) is 0.441. The van der Waals surface area contributed by atoms with Gasteiger partial charge in [-0.05, 0) is 18.2 Å². The van der Waals surface area contributed by atoms with Crippen molar-refractivity contribution >= 4 is 26.7 Å². The molecule has 2 radical (unpaired) electrons. The number of carbonyl (C=O) groups excluding carboxylic acids is 1. The summed E-state index contributed by atoms with van der Waals surface area (Å²) in [5.74, 6) is 0.564. The maximum atomic E-state index is 10.9. The molecule has 0 saturated carbocycles. The summed E-state index contributed by atoms with van der Waals surface area (Å²) in [4.78, 5) is 10.9. The minimum Gasteiger partial charge on any atom is -0.495 e. The largest absolute Gasteiger partial charge is 0.495 e. The molecule has 6 heteroatoms. The highest BCUT2D eigenvalue weighted by atomic mass is 28.2. The Morgan fingerprint density at radius 1 is 1.47 bits per heavy atom. The molecule has 5 nitrogen and oxygen atoms in total. The lowest BCUT2D eigenvalue weighted by Crippen LogP contribution is -2.05. The van der Waals surface area contributed by atoms with Gasteiger partial charge in [-0.3, -0.25) is 4.79 Å². The van der Waals surface area contributed by atoms with Gasteiger partial charge < -0.3 is 9.47 Å². The van der Waals surface area contributed by atoms with Crippen LogP contribution >= 0.6 is 0 Å². The molecule has 1 heterocycles. The fraction of sp³-hybridized carbons (Fsp3) is 0.385. The van der Waals surface area contributed by atoms with Gasteiger partial charge in [0.25, 0.3) is 0 Å². The van der Waals surface area contributed by atoms with Crippen molar-refractivity contribution in [3.8, 4) is 5.75 Å². The number of fused-ring (bicyclic) bond motifs is 1. The second-order valence-electron chi connectivity index (χ2n) is 4.02. The summed E-state index contributed by atoms with van der Waals surface area (Å²) >= 11 is 0. The number of benzene rings is 1. The van der Waals surface area contributed by atoms with E-state index in [1.807, 2.05) is 6.07 Å². The maximum Gasteiger partial charge on any atom is 0.153 e. The monoisotopic (exact) mass is 276 g/mol. The van der Waals surface area contributed by atoms with Gasteiger partial charge in [-0.1, -0.05) is 6.55 Å². The molecule has 19 heavy (non-hydrogen) atoms. The van der Waals surface area contributed by atoms with Crippen LogP contribution < -0.4 is 4.74 Å². The lowest BCUT2D eigenvalue weighted by Gasteiger charge is -2.07. The van der Waals surface area contributed by atoms with Gasteiger partial charge in [0.1, 0.15) is 12.5 Å². The molecule has 0 atom stereocenters. The summed E-state index contributed by atoms with van der Waals surface area (Å²) in [6.45, 7) is 3.30. The zero-order valence-electron chi connectivity index (χ0n) is 11.0. The minimum absolute atomic E-state index is 0.414. The van der Waals surface area contributed by atoms with Crippen molar-refractivity contribution in [2.75, 3.05) is 13.7 Å². The first-order chi connectivity index (χ1) is 9.31. The van der Waals surface area contributed by atoms with Crippen LogP contribution in [-0.2, 0) is 11.5 Å². The fourth-order valence-electron chi connectivity index (χ4n) is 1.89. The molecule has 0 aliphatic rings. The molecule has 2 rings (SSSR count). The number of aldehydes is 1. The average Bonchev–Trinajstić information content (AvgIpc) is 2.85. The van der Waals surface area contributed by atoms with Crippen LogP contribution in [0.2, 0.25) is 12.6 Å². The van der Waals surface area contributed by atoms with Crippen molar-refractivity contribution in [1.82, 2.24) is 9.78 Å². The Balaban J connectivity index is 2.25. The second kappa shape index (κ2) is 6.49. The lowest BCUT2D eigenvalue weighted by molar-refractivity contribution is 0.0823. The molecule has 1 aromatic carbocycles. The van der Waals surface area contributed by atoms with Crippen LogP contribution in [0.15, 0.2) is 18.3 Å². The summed E-state index contributed by atoms with van der Waals surface area (Å²) in [6.07, 6.45) is 2.49. The van der Waals surface area contributed by atoms with E-state index >= 15 is 0 Å². The van der Waals surface area contributed by atoms with Crippen LogP contribution in [0, 0.1) is 0 Å². The molecule has 0 aliphatic carbocycles. The summed E-state index contributed by atoms with van der Waals surface area (Å²) in [5.41, 5.74) is 1.43. The highest BCUT2D eigenvalue weighted by Gasteiger charge is 2.11. The zero-order chi connectivity index (χ0) is 13.7. The van der Waals surface area contributed by atoms with E-state index in [1.165, 1.54) is 0 Å². The van der Waals surface area contributed by atoms with Crippen LogP contribution in [0.3, 0.4) is 0 Å². The topological polar surface area (TPSA) is 53.3 Å². The van der Waals surface area contributed by atoms with E-state index in [0.717, 1.165) is 39.4 Å². The fourth-order valence-corrected chi connectivity index (χ4v) is 2.24. The number of nitrogens with zero attached hydrogens (tertiary/aromatic N) is 2. The molecule has 0 saturated heterocycles. The van der Waals surface area contributed by atoms with Crippen LogP contribution in [-0.4, -0.2) is 39.3 Å². The first-order valence-corrected chi connectivity index (χ1v) is 7.72. The summed E-state index contributed by atoms with van der Waals surface area (Å²) in [6, 6.07) is 4.66. The van der Waals surface area contributed by atoms with Gasteiger partial charge in [0.2, 0.25) is 0 Å². The number of carbonyl (C=O) groups is 1. The molecule has 2 aromatic rings. The zero-order valence-corrected chi connectivity index (χ0v) is 12.0. The van der Waals surface area contributed by atoms with Crippen LogP contribution in [0.5, 0.6) is 5.75 Å². The summed E-state index contributed by atoms with van der Waals surface area (Å²) in [5, 5.41) is 5.10. The molecule has 0 bridgehead atoms. The van der Waals surface area contributed by atoms with Gasteiger partial charge in [0.15, 0.2) is 6.29 Å². The molecule has 1 aromatic heterocycles. The van der Waals surface area contributed by atoms with Gasteiger partial charge >= 0.3 is 0 Å². The minimum atomic E-state index is 0.414. The summed E-state index contributed by atoms with van der Waals surface area (Å²) < 4.78 is 12.6.